The van der Waals surface area contributed by atoms with Crippen LogP contribution in [0.3, 0.4) is 0 Å². The van der Waals surface area contributed by atoms with Gasteiger partial charge in [0, 0.05) is 19.4 Å². The average molecular weight is 307 g/mol. The minimum Gasteiger partial charge on any atom is -0.389 e. The Bertz CT molecular complexity index is 590. The highest BCUT2D eigenvalue weighted by Crippen LogP contribution is 2.27. The van der Waals surface area contributed by atoms with E-state index in [1.165, 1.54) is 0 Å². The van der Waals surface area contributed by atoms with Gasteiger partial charge in [0.1, 0.15) is 0 Å². The molecule has 1 aromatic carbocycles. The maximum absolute atomic E-state index is 10.7. The van der Waals surface area contributed by atoms with E-state index >= 15 is 0 Å². The lowest BCUT2D eigenvalue weighted by Gasteiger charge is -2.24. The zero-order valence-corrected chi connectivity index (χ0v) is 13.7. The molecule has 0 aliphatic carbocycles. The molecule has 1 aromatic heterocycles. The van der Waals surface area contributed by atoms with Crippen LogP contribution in [-0.4, -0.2) is 20.5 Å². The highest BCUT2D eigenvalue weighted by Gasteiger charge is 2.26. The summed E-state index contributed by atoms with van der Waals surface area (Å²) in [4.78, 5) is 0. The molecule has 0 bridgehead atoms. The maximum atomic E-state index is 10.7. The highest BCUT2D eigenvalue weighted by molar-refractivity contribution is 6.31. The molecule has 21 heavy (non-hydrogen) atoms. The molecule has 1 atom stereocenters. The van der Waals surface area contributed by atoms with Gasteiger partial charge in [-0.05, 0) is 25.8 Å². The molecule has 1 N–H and O–H groups in total. The summed E-state index contributed by atoms with van der Waals surface area (Å²) in [5.74, 6) is 0. The minimum absolute atomic E-state index is 0.502. The van der Waals surface area contributed by atoms with Crippen molar-refractivity contribution in [2.45, 2.75) is 52.2 Å². The number of rotatable bonds is 6. The van der Waals surface area contributed by atoms with Gasteiger partial charge in [-0.15, -0.1) is 0 Å². The summed E-state index contributed by atoms with van der Waals surface area (Å²) >= 11 is 6.42. The number of aromatic nitrogens is 2. The van der Waals surface area contributed by atoms with Gasteiger partial charge in [0.15, 0.2) is 0 Å². The Morgan fingerprint density at radius 3 is 2.43 bits per heavy atom. The van der Waals surface area contributed by atoms with Gasteiger partial charge in [-0.25, -0.2) is 0 Å². The largest absolute Gasteiger partial charge is 0.389 e. The van der Waals surface area contributed by atoms with E-state index in [1.54, 1.807) is 0 Å². The van der Waals surface area contributed by atoms with Gasteiger partial charge in [0.2, 0.25) is 0 Å². The third-order valence-electron chi connectivity index (χ3n) is 3.67. The maximum Gasteiger partial charge on any atom is 0.0850 e. The molecule has 0 fully saturated rings. The SMILES string of the molecule is CCc1nn(CC)c(CC(C)(O)Cc2ccccc2)c1Cl. The Morgan fingerprint density at radius 1 is 1.19 bits per heavy atom. The monoisotopic (exact) mass is 306 g/mol. The van der Waals surface area contributed by atoms with Crippen molar-refractivity contribution in [2.24, 2.45) is 0 Å². The zero-order valence-electron chi connectivity index (χ0n) is 12.9. The molecule has 4 heteroatoms. The molecule has 0 aliphatic heterocycles. The molecule has 1 unspecified atom stereocenters. The molecule has 0 radical (unpaired) electrons. The first-order valence-electron chi connectivity index (χ1n) is 7.47. The fraction of sp³-hybridized carbons (Fsp3) is 0.471. The van der Waals surface area contributed by atoms with Gasteiger partial charge in [-0.2, -0.15) is 5.10 Å². The van der Waals surface area contributed by atoms with Gasteiger partial charge in [0.25, 0.3) is 0 Å². The number of benzene rings is 1. The lowest BCUT2D eigenvalue weighted by molar-refractivity contribution is 0.0587. The van der Waals surface area contributed by atoms with Crippen molar-refractivity contribution < 1.29 is 5.11 Å². The first-order valence-corrected chi connectivity index (χ1v) is 7.85. The van der Waals surface area contributed by atoms with Gasteiger partial charge < -0.3 is 5.11 Å². The second kappa shape index (κ2) is 6.63. The van der Waals surface area contributed by atoms with Crippen molar-refractivity contribution in [1.82, 2.24) is 9.78 Å². The van der Waals surface area contributed by atoms with Crippen molar-refractivity contribution in [2.75, 3.05) is 0 Å². The van der Waals surface area contributed by atoms with Crippen LogP contribution in [0.5, 0.6) is 0 Å². The van der Waals surface area contributed by atoms with Crippen LogP contribution in [0.15, 0.2) is 30.3 Å². The van der Waals surface area contributed by atoms with E-state index < -0.39 is 5.60 Å². The zero-order chi connectivity index (χ0) is 15.5. The number of hydrogen-bond donors (Lipinski definition) is 1. The molecule has 0 aliphatic rings. The molecule has 1 heterocycles. The van der Waals surface area contributed by atoms with Crippen molar-refractivity contribution in [3.05, 3.63) is 52.3 Å². The number of halogens is 1. The first-order chi connectivity index (χ1) is 9.96. The third-order valence-corrected chi connectivity index (χ3v) is 4.11. The second-order valence-corrected chi connectivity index (χ2v) is 6.09. The van der Waals surface area contributed by atoms with E-state index in [0.29, 0.717) is 17.9 Å². The fourth-order valence-corrected chi connectivity index (χ4v) is 2.98. The summed E-state index contributed by atoms with van der Waals surface area (Å²) in [6.07, 6.45) is 1.90. The molecule has 0 spiro atoms. The summed E-state index contributed by atoms with van der Waals surface area (Å²) in [5.41, 5.74) is 2.11. The Morgan fingerprint density at radius 2 is 1.86 bits per heavy atom. The standard InChI is InChI=1S/C17H23ClN2O/c1-4-14-16(18)15(20(5-2)19-14)12-17(3,21)11-13-9-7-6-8-10-13/h6-10,21H,4-5,11-12H2,1-3H3. The van der Waals surface area contributed by atoms with E-state index in [2.05, 4.69) is 5.10 Å². The molecule has 3 nitrogen and oxygen atoms in total. The van der Waals surface area contributed by atoms with Gasteiger partial charge in [-0.3, -0.25) is 4.68 Å². The van der Waals surface area contributed by atoms with Gasteiger partial charge in [-0.1, -0.05) is 48.9 Å². The Labute approximate surface area is 131 Å². The second-order valence-electron chi connectivity index (χ2n) is 5.71. The van der Waals surface area contributed by atoms with Crippen LogP contribution >= 0.6 is 11.6 Å². The minimum atomic E-state index is -0.844. The normalized spacial score (nSPS) is 14.1. The van der Waals surface area contributed by atoms with Crippen molar-refractivity contribution in [3.63, 3.8) is 0 Å². The number of hydrogen-bond acceptors (Lipinski definition) is 2. The number of aryl methyl sites for hydroxylation is 2. The predicted molar refractivity (Wildman–Crippen MR) is 86.8 cm³/mol. The summed E-state index contributed by atoms with van der Waals surface area (Å²) in [6.45, 7) is 6.70. The van der Waals surface area contributed by atoms with E-state index in [0.717, 1.165) is 29.9 Å². The summed E-state index contributed by atoms with van der Waals surface area (Å²) in [6, 6.07) is 10.0. The van der Waals surface area contributed by atoms with Crippen LogP contribution in [0.25, 0.3) is 0 Å². The molecular formula is C17H23ClN2O. The van der Waals surface area contributed by atoms with Crippen molar-refractivity contribution in [3.8, 4) is 0 Å². The first kappa shape index (κ1) is 16.1. The van der Waals surface area contributed by atoms with Crippen LogP contribution in [-0.2, 0) is 25.8 Å². The van der Waals surface area contributed by atoms with Crippen LogP contribution in [0.4, 0.5) is 0 Å². The molecule has 2 rings (SSSR count). The lowest BCUT2D eigenvalue weighted by atomic mass is 9.91. The van der Waals surface area contributed by atoms with Crippen molar-refractivity contribution >= 4 is 11.6 Å². The van der Waals surface area contributed by atoms with E-state index in [9.17, 15) is 5.11 Å². The smallest absolute Gasteiger partial charge is 0.0850 e. The van der Waals surface area contributed by atoms with Crippen molar-refractivity contribution in [1.29, 1.82) is 0 Å². The summed E-state index contributed by atoms with van der Waals surface area (Å²) in [5, 5.41) is 16.0. The molecular weight excluding hydrogens is 284 g/mol. The number of nitrogens with zero attached hydrogens (tertiary/aromatic N) is 2. The number of aliphatic hydroxyl groups is 1. The van der Waals surface area contributed by atoms with Crippen LogP contribution in [0.2, 0.25) is 5.02 Å². The fourth-order valence-electron chi connectivity index (χ4n) is 2.65. The lowest BCUT2D eigenvalue weighted by Crippen LogP contribution is -2.31. The molecule has 114 valence electrons. The van der Waals surface area contributed by atoms with E-state index in [1.807, 2.05) is 55.8 Å². The highest BCUT2D eigenvalue weighted by atomic mass is 35.5. The molecule has 0 saturated carbocycles. The molecule has 0 amide bonds. The average Bonchev–Trinajstić information content (AvgIpc) is 2.75. The van der Waals surface area contributed by atoms with Gasteiger partial charge in [0.05, 0.1) is 22.0 Å². The van der Waals surface area contributed by atoms with Gasteiger partial charge >= 0.3 is 0 Å². The quantitative estimate of drug-likeness (QED) is 0.884. The Kier molecular flexibility index (Phi) is 5.07. The van der Waals surface area contributed by atoms with Crippen LogP contribution in [0, 0.1) is 0 Å². The Balaban J connectivity index is 2.22. The van der Waals surface area contributed by atoms with Crippen LogP contribution < -0.4 is 0 Å². The predicted octanol–water partition coefficient (Wildman–Crippen LogP) is 3.66. The molecule has 0 saturated heterocycles. The Hall–Kier alpha value is -1.32. The third kappa shape index (κ3) is 3.86. The van der Waals surface area contributed by atoms with Crippen LogP contribution in [0.1, 0.15) is 37.7 Å². The summed E-state index contributed by atoms with van der Waals surface area (Å²) < 4.78 is 1.90. The van der Waals surface area contributed by atoms with E-state index in [-0.39, 0.29) is 0 Å². The molecule has 2 aromatic rings. The summed E-state index contributed by atoms with van der Waals surface area (Å²) in [7, 11) is 0. The topological polar surface area (TPSA) is 38.0 Å². The van der Waals surface area contributed by atoms with E-state index in [4.69, 9.17) is 11.6 Å².